The first kappa shape index (κ1) is 14.5. The van der Waals surface area contributed by atoms with Gasteiger partial charge in [0.2, 0.25) is 0 Å². The van der Waals surface area contributed by atoms with Gasteiger partial charge in [-0.15, -0.1) is 0 Å². The van der Waals surface area contributed by atoms with Crippen LogP contribution in [0.3, 0.4) is 0 Å². The number of rotatable bonds is 1. The van der Waals surface area contributed by atoms with Crippen LogP contribution in [0.4, 0.5) is 5.82 Å². The molecule has 0 saturated carbocycles. The topological polar surface area (TPSA) is 71.8 Å². The molecule has 0 fully saturated rings. The van der Waals surface area contributed by atoms with Gasteiger partial charge in [0.1, 0.15) is 16.5 Å². The van der Waals surface area contributed by atoms with E-state index in [9.17, 15) is 10.1 Å². The number of nitrogen functional groups attached to an aromatic ring is 1. The highest BCUT2D eigenvalue weighted by molar-refractivity contribution is 7.71. The van der Waals surface area contributed by atoms with E-state index >= 15 is 0 Å². The highest BCUT2D eigenvalue weighted by Gasteiger charge is 2.23. The minimum absolute atomic E-state index is 0.155. The van der Waals surface area contributed by atoms with Gasteiger partial charge in [0.05, 0.1) is 5.56 Å². The van der Waals surface area contributed by atoms with E-state index in [4.69, 9.17) is 18.0 Å². The largest absolute Gasteiger partial charge is 0.384 e. The number of carbonyl (C=O) groups excluding carboxylic acids is 1. The van der Waals surface area contributed by atoms with Crippen LogP contribution in [0.1, 0.15) is 39.9 Å². The van der Waals surface area contributed by atoms with Gasteiger partial charge in [-0.3, -0.25) is 9.36 Å². The normalized spacial score (nSPS) is 13.2. The van der Waals surface area contributed by atoms with E-state index in [1.54, 1.807) is 24.3 Å². The number of fused-ring (bicyclic) bond motifs is 1. The Kier molecular flexibility index (Phi) is 3.78. The molecule has 0 atom stereocenters. The molecule has 2 aromatic rings. The van der Waals surface area contributed by atoms with Gasteiger partial charge in [-0.2, -0.15) is 5.26 Å². The summed E-state index contributed by atoms with van der Waals surface area (Å²) in [7, 11) is 0. The van der Waals surface area contributed by atoms with Gasteiger partial charge in [0.15, 0.2) is 0 Å². The van der Waals surface area contributed by atoms with Crippen molar-refractivity contribution >= 4 is 23.9 Å². The number of hydrogen-bond acceptors (Lipinski definition) is 4. The zero-order chi connectivity index (χ0) is 15.7. The number of hydrogen-bond donors (Lipinski definition) is 1. The fourth-order valence-corrected chi connectivity index (χ4v) is 3.37. The molecule has 0 aliphatic heterocycles. The lowest BCUT2D eigenvalue weighted by molar-refractivity contribution is 0.0960. The van der Waals surface area contributed by atoms with Crippen molar-refractivity contribution in [2.45, 2.75) is 25.7 Å². The van der Waals surface area contributed by atoms with Crippen molar-refractivity contribution in [1.29, 1.82) is 5.26 Å². The zero-order valence-corrected chi connectivity index (χ0v) is 12.8. The summed E-state index contributed by atoms with van der Waals surface area (Å²) in [6.45, 7) is 0. The molecule has 1 aliphatic rings. The summed E-state index contributed by atoms with van der Waals surface area (Å²) in [6, 6.07) is 11.0. The number of pyridine rings is 1. The van der Waals surface area contributed by atoms with Crippen LogP contribution in [0.2, 0.25) is 0 Å². The van der Waals surface area contributed by atoms with Gasteiger partial charge in [-0.25, -0.2) is 0 Å². The summed E-state index contributed by atoms with van der Waals surface area (Å²) in [4.78, 5) is 12.7. The first-order valence-corrected chi connectivity index (χ1v) is 7.62. The third-order valence-electron chi connectivity index (χ3n) is 4.06. The molecule has 110 valence electrons. The Morgan fingerprint density at radius 2 is 1.82 bits per heavy atom. The number of nitrogens with two attached hydrogens (primary N) is 1. The maximum Gasteiger partial charge on any atom is 0.264 e. The first-order valence-electron chi connectivity index (χ1n) is 7.21. The minimum atomic E-state index is -0.284. The summed E-state index contributed by atoms with van der Waals surface area (Å²) in [5.41, 5.74) is 8.86. The SMILES string of the molecule is N#Cc1c2c(c(=S)n(C(=O)c3ccccc3)c1N)CCCC2. The molecule has 1 aliphatic carbocycles. The second-order valence-corrected chi connectivity index (χ2v) is 5.73. The fraction of sp³-hybridized carbons (Fsp3) is 0.235. The Bertz CT molecular complexity index is 847. The van der Waals surface area contributed by atoms with Gasteiger partial charge in [-0.1, -0.05) is 30.4 Å². The average Bonchev–Trinajstić information content (AvgIpc) is 2.56. The fourth-order valence-electron chi connectivity index (χ4n) is 2.96. The number of nitriles is 1. The Hall–Kier alpha value is -2.45. The molecule has 3 rings (SSSR count). The van der Waals surface area contributed by atoms with Crippen LogP contribution in [0.5, 0.6) is 0 Å². The van der Waals surface area contributed by atoms with Gasteiger partial charge in [-0.05, 0) is 48.9 Å². The number of benzene rings is 1. The number of aromatic nitrogens is 1. The smallest absolute Gasteiger partial charge is 0.264 e. The lowest BCUT2D eigenvalue weighted by Gasteiger charge is -2.21. The van der Waals surface area contributed by atoms with Crippen LogP contribution in [0.25, 0.3) is 0 Å². The molecule has 1 aromatic carbocycles. The van der Waals surface area contributed by atoms with Crippen LogP contribution in [-0.4, -0.2) is 10.5 Å². The average molecular weight is 309 g/mol. The number of carbonyl (C=O) groups is 1. The van der Waals surface area contributed by atoms with Gasteiger partial charge < -0.3 is 5.73 Å². The molecule has 22 heavy (non-hydrogen) atoms. The molecule has 4 nitrogen and oxygen atoms in total. The molecule has 0 radical (unpaired) electrons. The van der Waals surface area contributed by atoms with E-state index in [1.165, 1.54) is 4.57 Å². The summed E-state index contributed by atoms with van der Waals surface area (Å²) >= 11 is 5.50. The van der Waals surface area contributed by atoms with Crippen molar-refractivity contribution in [3.8, 4) is 6.07 Å². The zero-order valence-electron chi connectivity index (χ0n) is 12.0. The summed E-state index contributed by atoms with van der Waals surface area (Å²) < 4.78 is 1.76. The minimum Gasteiger partial charge on any atom is -0.384 e. The molecular weight excluding hydrogens is 294 g/mol. The second-order valence-electron chi connectivity index (χ2n) is 5.35. The second kappa shape index (κ2) is 5.74. The lowest BCUT2D eigenvalue weighted by Crippen LogP contribution is -2.22. The quantitative estimate of drug-likeness (QED) is 0.821. The van der Waals surface area contributed by atoms with Crippen molar-refractivity contribution in [1.82, 2.24) is 4.57 Å². The van der Waals surface area contributed by atoms with E-state index in [0.29, 0.717) is 15.8 Å². The molecule has 0 spiro atoms. The highest BCUT2D eigenvalue weighted by atomic mass is 32.1. The standard InChI is InChI=1S/C17H15N3OS/c18-10-14-12-8-4-5-9-13(12)17(22)20(15(14)19)16(21)11-6-2-1-3-7-11/h1-3,6-7H,4-5,8-9,19H2. The van der Waals surface area contributed by atoms with E-state index in [0.717, 1.165) is 36.8 Å². The molecule has 5 heteroatoms. The first-order chi connectivity index (χ1) is 10.6. The predicted octanol–water partition coefficient (Wildman–Crippen LogP) is 3.24. The number of anilines is 1. The molecule has 0 unspecified atom stereocenters. The summed E-state index contributed by atoms with van der Waals surface area (Å²) in [6.07, 6.45) is 3.63. The van der Waals surface area contributed by atoms with Crippen LogP contribution < -0.4 is 5.73 Å². The maximum atomic E-state index is 12.7. The van der Waals surface area contributed by atoms with E-state index in [1.807, 2.05) is 6.07 Å². The Balaban J connectivity index is 2.27. The Morgan fingerprint density at radius 1 is 1.18 bits per heavy atom. The molecule has 0 amide bonds. The third kappa shape index (κ3) is 2.22. The van der Waals surface area contributed by atoms with Gasteiger partial charge in [0.25, 0.3) is 5.91 Å². The predicted molar refractivity (Wildman–Crippen MR) is 87.2 cm³/mol. The van der Waals surface area contributed by atoms with Gasteiger partial charge >= 0.3 is 0 Å². The molecule has 2 N–H and O–H groups in total. The third-order valence-corrected chi connectivity index (χ3v) is 4.49. The van der Waals surface area contributed by atoms with Crippen LogP contribution in [0, 0.1) is 16.0 Å². The van der Waals surface area contributed by atoms with Crippen molar-refractivity contribution < 1.29 is 4.79 Å². The molecule has 0 saturated heterocycles. The van der Waals surface area contributed by atoms with Crippen molar-refractivity contribution in [3.63, 3.8) is 0 Å². The maximum absolute atomic E-state index is 12.7. The van der Waals surface area contributed by atoms with Gasteiger partial charge in [0, 0.05) is 5.56 Å². The van der Waals surface area contributed by atoms with Crippen LogP contribution >= 0.6 is 12.2 Å². The van der Waals surface area contributed by atoms with Crippen molar-refractivity contribution in [2.75, 3.05) is 5.73 Å². The molecule has 1 heterocycles. The highest BCUT2D eigenvalue weighted by Crippen LogP contribution is 2.30. The summed E-state index contributed by atoms with van der Waals surface area (Å²) in [5, 5.41) is 9.45. The number of nitrogens with zero attached hydrogens (tertiary/aromatic N) is 2. The molecule has 0 bridgehead atoms. The summed E-state index contributed by atoms with van der Waals surface area (Å²) in [5.74, 6) is -0.130. The molecular formula is C17H15N3OS. The monoisotopic (exact) mass is 309 g/mol. The Morgan fingerprint density at radius 3 is 2.45 bits per heavy atom. The lowest BCUT2D eigenvalue weighted by atomic mass is 9.89. The van der Waals surface area contributed by atoms with Crippen LogP contribution in [0.15, 0.2) is 30.3 Å². The van der Waals surface area contributed by atoms with Crippen molar-refractivity contribution in [3.05, 3.63) is 57.2 Å². The van der Waals surface area contributed by atoms with E-state index < -0.39 is 0 Å². The van der Waals surface area contributed by atoms with E-state index in [2.05, 4.69) is 6.07 Å². The van der Waals surface area contributed by atoms with E-state index in [-0.39, 0.29) is 11.7 Å². The van der Waals surface area contributed by atoms with Crippen molar-refractivity contribution in [2.24, 2.45) is 0 Å². The Labute approximate surface area is 133 Å². The van der Waals surface area contributed by atoms with Crippen LogP contribution in [-0.2, 0) is 12.8 Å². The molecule has 1 aromatic heterocycles.